The fourth-order valence-electron chi connectivity index (χ4n) is 1.73. The van der Waals surface area contributed by atoms with E-state index in [9.17, 15) is 10.1 Å². The highest BCUT2D eigenvalue weighted by Crippen LogP contribution is 2.31. The van der Waals surface area contributed by atoms with Crippen LogP contribution in [0.1, 0.15) is 27.7 Å². The molecule has 0 fully saturated rings. The van der Waals surface area contributed by atoms with E-state index in [2.05, 4.69) is 32.6 Å². The van der Waals surface area contributed by atoms with Crippen molar-refractivity contribution in [3.63, 3.8) is 0 Å². The van der Waals surface area contributed by atoms with E-state index in [0.717, 1.165) is 5.69 Å². The van der Waals surface area contributed by atoms with Gasteiger partial charge in [-0.15, -0.1) is 0 Å². The molecule has 0 saturated heterocycles. The fraction of sp³-hybridized carbons (Fsp3) is 0.538. The molecule has 0 heterocycles. The van der Waals surface area contributed by atoms with Crippen LogP contribution >= 0.6 is 0 Å². The fourth-order valence-corrected chi connectivity index (χ4v) is 1.73. The van der Waals surface area contributed by atoms with E-state index in [1.807, 2.05) is 7.05 Å². The number of nitro benzene ring substituents is 1. The SMILES string of the molecule is CC(N(C)c1ccc([N+](=O)[O-])c(N)c1)C(C)(C)C. The third kappa shape index (κ3) is 2.91. The quantitative estimate of drug-likeness (QED) is 0.509. The minimum Gasteiger partial charge on any atom is -0.393 e. The Morgan fingerprint density at radius 1 is 1.39 bits per heavy atom. The summed E-state index contributed by atoms with van der Waals surface area (Å²) >= 11 is 0. The molecule has 0 aliphatic rings. The molecule has 1 aromatic carbocycles. The lowest BCUT2D eigenvalue weighted by Gasteiger charge is -2.36. The van der Waals surface area contributed by atoms with E-state index in [-0.39, 0.29) is 16.8 Å². The molecule has 1 atom stereocenters. The van der Waals surface area contributed by atoms with Gasteiger partial charge in [-0.25, -0.2) is 0 Å². The number of hydrogen-bond acceptors (Lipinski definition) is 4. The van der Waals surface area contributed by atoms with Crippen LogP contribution in [0.3, 0.4) is 0 Å². The number of rotatable bonds is 3. The number of nitrogens with two attached hydrogens (primary N) is 1. The average molecular weight is 251 g/mol. The summed E-state index contributed by atoms with van der Waals surface area (Å²) in [5.74, 6) is 0. The first-order valence-electron chi connectivity index (χ1n) is 5.91. The Morgan fingerprint density at radius 2 is 1.94 bits per heavy atom. The predicted molar refractivity (Wildman–Crippen MR) is 74.8 cm³/mol. The molecular weight excluding hydrogens is 230 g/mol. The van der Waals surface area contributed by atoms with Crippen molar-refractivity contribution in [2.45, 2.75) is 33.7 Å². The predicted octanol–water partition coefficient (Wildman–Crippen LogP) is 3.05. The molecule has 0 radical (unpaired) electrons. The van der Waals surface area contributed by atoms with Gasteiger partial charge in [0.15, 0.2) is 0 Å². The van der Waals surface area contributed by atoms with Crippen LogP contribution in [0.15, 0.2) is 18.2 Å². The lowest BCUT2D eigenvalue weighted by molar-refractivity contribution is -0.383. The number of anilines is 2. The highest BCUT2D eigenvalue weighted by atomic mass is 16.6. The molecule has 100 valence electrons. The third-order valence-corrected chi connectivity index (χ3v) is 3.45. The number of hydrogen-bond donors (Lipinski definition) is 1. The van der Waals surface area contributed by atoms with Crippen molar-refractivity contribution in [2.75, 3.05) is 17.7 Å². The van der Waals surface area contributed by atoms with E-state index < -0.39 is 4.92 Å². The van der Waals surface area contributed by atoms with Crippen molar-refractivity contribution in [1.82, 2.24) is 0 Å². The summed E-state index contributed by atoms with van der Waals surface area (Å²) in [5, 5.41) is 10.7. The number of nitrogens with zero attached hydrogens (tertiary/aromatic N) is 2. The maximum atomic E-state index is 10.7. The van der Waals surface area contributed by atoms with Crippen LogP contribution < -0.4 is 10.6 Å². The Labute approximate surface area is 108 Å². The van der Waals surface area contributed by atoms with Gasteiger partial charge in [0.1, 0.15) is 5.69 Å². The van der Waals surface area contributed by atoms with E-state index in [1.54, 1.807) is 12.1 Å². The van der Waals surface area contributed by atoms with Crippen LogP contribution in [0.25, 0.3) is 0 Å². The Hall–Kier alpha value is -1.78. The van der Waals surface area contributed by atoms with E-state index in [4.69, 9.17) is 5.73 Å². The van der Waals surface area contributed by atoms with Gasteiger partial charge >= 0.3 is 0 Å². The normalized spacial score (nSPS) is 13.2. The molecular formula is C13H21N3O2. The average Bonchev–Trinajstić information content (AvgIpc) is 2.25. The zero-order valence-corrected chi connectivity index (χ0v) is 11.6. The molecule has 1 unspecified atom stereocenters. The zero-order valence-electron chi connectivity index (χ0n) is 11.6. The second-order valence-corrected chi connectivity index (χ2v) is 5.65. The molecule has 0 amide bonds. The molecule has 0 saturated carbocycles. The zero-order chi connectivity index (χ0) is 14.1. The van der Waals surface area contributed by atoms with Crippen molar-refractivity contribution >= 4 is 17.1 Å². The van der Waals surface area contributed by atoms with Crippen molar-refractivity contribution in [1.29, 1.82) is 0 Å². The van der Waals surface area contributed by atoms with Gasteiger partial charge < -0.3 is 10.6 Å². The van der Waals surface area contributed by atoms with Gasteiger partial charge in [0, 0.05) is 24.8 Å². The van der Waals surface area contributed by atoms with Crippen molar-refractivity contribution in [2.24, 2.45) is 5.41 Å². The second kappa shape index (κ2) is 4.84. The lowest BCUT2D eigenvalue weighted by Crippen LogP contribution is -2.39. The van der Waals surface area contributed by atoms with Gasteiger partial charge in [0.25, 0.3) is 5.69 Å². The molecule has 0 aliphatic carbocycles. The molecule has 0 spiro atoms. The van der Waals surface area contributed by atoms with Gasteiger partial charge in [-0.1, -0.05) is 20.8 Å². The topological polar surface area (TPSA) is 72.4 Å². The van der Waals surface area contributed by atoms with Gasteiger partial charge in [0.05, 0.1) is 4.92 Å². The van der Waals surface area contributed by atoms with Crippen LogP contribution in [-0.2, 0) is 0 Å². The van der Waals surface area contributed by atoms with Crippen LogP contribution in [0, 0.1) is 15.5 Å². The summed E-state index contributed by atoms with van der Waals surface area (Å²) in [4.78, 5) is 12.3. The molecule has 0 bridgehead atoms. The van der Waals surface area contributed by atoms with Crippen LogP contribution in [0.2, 0.25) is 0 Å². The first-order valence-corrected chi connectivity index (χ1v) is 5.91. The monoisotopic (exact) mass is 251 g/mol. The van der Waals surface area contributed by atoms with Crippen molar-refractivity contribution in [3.8, 4) is 0 Å². The van der Waals surface area contributed by atoms with Gasteiger partial charge in [-0.05, 0) is 24.5 Å². The highest BCUT2D eigenvalue weighted by molar-refractivity contribution is 5.66. The maximum Gasteiger partial charge on any atom is 0.292 e. The summed E-state index contributed by atoms with van der Waals surface area (Å²) in [6.45, 7) is 8.59. The molecule has 1 aromatic rings. The molecule has 5 heteroatoms. The Balaban J connectivity index is 3.05. The van der Waals surface area contributed by atoms with E-state index >= 15 is 0 Å². The first-order chi connectivity index (χ1) is 8.14. The van der Waals surface area contributed by atoms with Gasteiger partial charge in [0.2, 0.25) is 0 Å². The summed E-state index contributed by atoms with van der Waals surface area (Å²) in [5.41, 5.74) is 6.86. The number of nitro groups is 1. The van der Waals surface area contributed by atoms with Crippen LogP contribution in [0.4, 0.5) is 17.1 Å². The summed E-state index contributed by atoms with van der Waals surface area (Å²) in [6.07, 6.45) is 0. The Morgan fingerprint density at radius 3 is 2.33 bits per heavy atom. The Bertz CT molecular complexity index is 452. The minimum atomic E-state index is -0.466. The molecule has 0 aliphatic heterocycles. The van der Waals surface area contributed by atoms with Crippen molar-refractivity contribution < 1.29 is 4.92 Å². The molecule has 5 nitrogen and oxygen atoms in total. The lowest BCUT2D eigenvalue weighted by atomic mass is 9.87. The highest BCUT2D eigenvalue weighted by Gasteiger charge is 2.25. The minimum absolute atomic E-state index is 0.0458. The largest absolute Gasteiger partial charge is 0.393 e. The Kier molecular flexibility index (Phi) is 3.84. The molecule has 2 N–H and O–H groups in total. The van der Waals surface area contributed by atoms with Crippen LogP contribution in [0.5, 0.6) is 0 Å². The van der Waals surface area contributed by atoms with Crippen molar-refractivity contribution in [3.05, 3.63) is 28.3 Å². The molecule has 0 aromatic heterocycles. The smallest absolute Gasteiger partial charge is 0.292 e. The standard InChI is InChI=1S/C13H21N3O2/c1-9(13(2,3)4)15(5)10-6-7-12(16(17)18)11(14)8-10/h6-9H,14H2,1-5H3. The van der Waals surface area contributed by atoms with E-state index in [0.29, 0.717) is 6.04 Å². The summed E-state index contributed by atoms with van der Waals surface area (Å²) < 4.78 is 0. The second-order valence-electron chi connectivity index (χ2n) is 5.65. The van der Waals surface area contributed by atoms with Gasteiger partial charge in [-0.3, -0.25) is 10.1 Å². The first kappa shape index (κ1) is 14.3. The summed E-state index contributed by atoms with van der Waals surface area (Å²) in [7, 11) is 1.97. The van der Waals surface area contributed by atoms with Crippen LogP contribution in [-0.4, -0.2) is 18.0 Å². The maximum absolute atomic E-state index is 10.7. The summed E-state index contributed by atoms with van der Waals surface area (Å²) in [6, 6.07) is 5.13. The van der Waals surface area contributed by atoms with E-state index in [1.165, 1.54) is 6.07 Å². The number of nitrogen functional groups attached to an aromatic ring is 1. The van der Waals surface area contributed by atoms with Gasteiger partial charge in [-0.2, -0.15) is 0 Å². The number of benzene rings is 1. The molecule has 1 rings (SSSR count). The molecule has 18 heavy (non-hydrogen) atoms. The third-order valence-electron chi connectivity index (χ3n) is 3.45.